The SMILES string of the molecule is O=C(CCCN1CCCCC1=O)NCCc1ncc[nH]1. The van der Waals surface area contributed by atoms with Crippen LogP contribution in [0, 0.1) is 0 Å². The van der Waals surface area contributed by atoms with E-state index in [1.54, 1.807) is 12.4 Å². The molecule has 1 aromatic rings. The van der Waals surface area contributed by atoms with Crippen molar-refractivity contribution in [2.75, 3.05) is 19.6 Å². The summed E-state index contributed by atoms with van der Waals surface area (Å²) in [6, 6.07) is 0. The number of H-pyrrole nitrogens is 1. The van der Waals surface area contributed by atoms with Crippen LogP contribution in [0.1, 0.15) is 37.9 Å². The van der Waals surface area contributed by atoms with E-state index >= 15 is 0 Å². The summed E-state index contributed by atoms with van der Waals surface area (Å²) >= 11 is 0. The highest BCUT2D eigenvalue weighted by Crippen LogP contribution is 2.11. The number of piperidine rings is 1. The molecule has 0 unspecified atom stereocenters. The molecule has 1 aliphatic rings. The minimum atomic E-state index is 0.0426. The molecule has 110 valence electrons. The summed E-state index contributed by atoms with van der Waals surface area (Å²) in [7, 11) is 0. The lowest BCUT2D eigenvalue weighted by atomic mass is 10.1. The first kappa shape index (κ1) is 14.6. The molecule has 0 bridgehead atoms. The highest BCUT2D eigenvalue weighted by molar-refractivity contribution is 5.77. The Morgan fingerprint density at radius 3 is 3.10 bits per heavy atom. The van der Waals surface area contributed by atoms with Gasteiger partial charge in [-0.2, -0.15) is 0 Å². The minimum absolute atomic E-state index is 0.0426. The number of aromatic nitrogens is 2. The van der Waals surface area contributed by atoms with E-state index in [0.717, 1.165) is 31.6 Å². The van der Waals surface area contributed by atoms with Crippen LogP contribution in [0.15, 0.2) is 12.4 Å². The van der Waals surface area contributed by atoms with E-state index in [4.69, 9.17) is 0 Å². The zero-order chi connectivity index (χ0) is 14.2. The number of carbonyl (C=O) groups is 2. The van der Waals surface area contributed by atoms with Gasteiger partial charge in [0.1, 0.15) is 5.82 Å². The smallest absolute Gasteiger partial charge is 0.222 e. The molecule has 1 fully saturated rings. The van der Waals surface area contributed by atoms with Crippen LogP contribution >= 0.6 is 0 Å². The summed E-state index contributed by atoms with van der Waals surface area (Å²) < 4.78 is 0. The Morgan fingerprint density at radius 1 is 1.45 bits per heavy atom. The van der Waals surface area contributed by atoms with Gasteiger partial charge in [0.05, 0.1) is 0 Å². The van der Waals surface area contributed by atoms with E-state index in [0.29, 0.717) is 32.4 Å². The Morgan fingerprint density at radius 2 is 2.35 bits per heavy atom. The molecule has 6 nitrogen and oxygen atoms in total. The number of aromatic amines is 1. The van der Waals surface area contributed by atoms with Crippen molar-refractivity contribution in [1.29, 1.82) is 0 Å². The van der Waals surface area contributed by atoms with E-state index in [2.05, 4.69) is 15.3 Å². The highest BCUT2D eigenvalue weighted by atomic mass is 16.2. The van der Waals surface area contributed by atoms with Crippen LogP contribution in [0.2, 0.25) is 0 Å². The van der Waals surface area contributed by atoms with Gasteiger partial charge in [-0.25, -0.2) is 4.98 Å². The molecule has 0 atom stereocenters. The minimum Gasteiger partial charge on any atom is -0.356 e. The summed E-state index contributed by atoms with van der Waals surface area (Å²) in [4.78, 5) is 32.2. The van der Waals surface area contributed by atoms with Gasteiger partial charge in [0.15, 0.2) is 0 Å². The molecule has 1 saturated heterocycles. The van der Waals surface area contributed by atoms with Gasteiger partial charge in [-0.05, 0) is 19.3 Å². The Labute approximate surface area is 119 Å². The van der Waals surface area contributed by atoms with Crippen molar-refractivity contribution in [1.82, 2.24) is 20.2 Å². The predicted molar refractivity (Wildman–Crippen MR) is 75.0 cm³/mol. The summed E-state index contributed by atoms with van der Waals surface area (Å²) in [5, 5.41) is 2.87. The fraction of sp³-hybridized carbons (Fsp3) is 0.643. The largest absolute Gasteiger partial charge is 0.356 e. The fourth-order valence-electron chi connectivity index (χ4n) is 2.37. The number of amides is 2. The van der Waals surface area contributed by atoms with Crippen molar-refractivity contribution in [3.63, 3.8) is 0 Å². The van der Waals surface area contributed by atoms with E-state index in [-0.39, 0.29) is 11.8 Å². The van der Waals surface area contributed by atoms with Gasteiger partial charge in [0.25, 0.3) is 0 Å². The molecule has 1 aromatic heterocycles. The molecule has 0 saturated carbocycles. The van der Waals surface area contributed by atoms with E-state index in [1.165, 1.54) is 0 Å². The number of carbonyl (C=O) groups excluding carboxylic acids is 2. The van der Waals surface area contributed by atoms with Gasteiger partial charge >= 0.3 is 0 Å². The quantitative estimate of drug-likeness (QED) is 0.776. The number of likely N-dealkylation sites (tertiary alicyclic amines) is 1. The Hall–Kier alpha value is -1.85. The molecule has 2 rings (SSSR count). The lowest BCUT2D eigenvalue weighted by Crippen LogP contribution is -2.36. The van der Waals surface area contributed by atoms with Crippen molar-refractivity contribution >= 4 is 11.8 Å². The molecule has 20 heavy (non-hydrogen) atoms. The highest BCUT2D eigenvalue weighted by Gasteiger charge is 2.17. The lowest BCUT2D eigenvalue weighted by Gasteiger charge is -2.26. The lowest BCUT2D eigenvalue weighted by molar-refractivity contribution is -0.133. The van der Waals surface area contributed by atoms with Crippen LogP contribution in [-0.2, 0) is 16.0 Å². The molecule has 0 spiro atoms. The number of hydrogen-bond donors (Lipinski definition) is 2. The van der Waals surface area contributed by atoms with E-state index in [1.807, 2.05) is 4.90 Å². The first-order chi connectivity index (χ1) is 9.75. The van der Waals surface area contributed by atoms with Crippen molar-refractivity contribution in [2.45, 2.75) is 38.5 Å². The topological polar surface area (TPSA) is 78.1 Å². The van der Waals surface area contributed by atoms with Crippen molar-refractivity contribution in [3.05, 3.63) is 18.2 Å². The Balaban J connectivity index is 1.54. The maximum Gasteiger partial charge on any atom is 0.222 e. The maximum absolute atomic E-state index is 11.6. The molecule has 0 radical (unpaired) electrons. The second-order valence-corrected chi connectivity index (χ2v) is 5.08. The van der Waals surface area contributed by atoms with Crippen molar-refractivity contribution in [3.8, 4) is 0 Å². The van der Waals surface area contributed by atoms with Gasteiger partial charge in [-0.1, -0.05) is 0 Å². The molecule has 1 aliphatic heterocycles. The van der Waals surface area contributed by atoms with Crippen LogP contribution in [-0.4, -0.2) is 46.3 Å². The number of hydrogen-bond acceptors (Lipinski definition) is 3. The summed E-state index contributed by atoms with van der Waals surface area (Å²) in [5.74, 6) is 1.15. The fourth-order valence-corrected chi connectivity index (χ4v) is 2.37. The van der Waals surface area contributed by atoms with Crippen LogP contribution in [0.5, 0.6) is 0 Å². The second-order valence-electron chi connectivity index (χ2n) is 5.08. The average Bonchev–Trinajstić information content (AvgIpc) is 2.94. The molecule has 0 aliphatic carbocycles. The van der Waals surface area contributed by atoms with Gasteiger partial charge in [0.2, 0.25) is 11.8 Å². The van der Waals surface area contributed by atoms with Gasteiger partial charge < -0.3 is 15.2 Å². The van der Waals surface area contributed by atoms with Crippen LogP contribution in [0.3, 0.4) is 0 Å². The first-order valence-corrected chi connectivity index (χ1v) is 7.28. The third kappa shape index (κ3) is 4.68. The van der Waals surface area contributed by atoms with E-state index in [9.17, 15) is 9.59 Å². The molecular weight excluding hydrogens is 256 g/mol. The average molecular weight is 278 g/mol. The maximum atomic E-state index is 11.6. The predicted octanol–water partition coefficient (Wildman–Crippen LogP) is 0.861. The monoisotopic (exact) mass is 278 g/mol. The van der Waals surface area contributed by atoms with Crippen LogP contribution in [0.4, 0.5) is 0 Å². The first-order valence-electron chi connectivity index (χ1n) is 7.28. The normalized spacial score (nSPS) is 15.4. The van der Waals surface area contributed by atoms with Gasteiger partial charge in [-0.15, -0.1) is 0 Å². The molecule has 2 heterocycles. The number of rotatable bonds is 7. The summed E-state index contributed by atoms with van der Waals surface area (Å²) in [6.45, 7) is 2.14. The number of nitrogens with zero attached hydrogens (tertiary/aromatic N) is 2. The van der Waals surface area contributed by atoms with Crippen molar-refractivity contribution < 1.29 is 9.59 Å². The van der Waals surface area contributed by atoms with Gasteiger partial charge in [-0.3, -0.25) is 9.59 Å². The van der Waals surface area contributed by atoms with E-state index < -0.39 is 0 Å². The third-order valence-corrected chi connectivity index (χ3v) is 3.49. The summed E-state index contributed by atoms with van der Waals surface area (Å²) in [6.07, 6.45) is 8.14. The zero-order valence-corrected chi connectivity index (χ0v) is 11.7. The van der Waals surface area contributed by atoms with Crippen LogP contribution in [0.25, 0.3) is 0 Å². The number of imidazole rings is 1. The molecule has 2 N–H and O–H groups in total. The zero-order valence-electron chi connectivity index (χ0n) is 11.7. The van der Waals surface area contributed by atoms with Crippen molar-refractivity contribution in [2.24, 2.45) is 0 Å². The molecule has 0 aromatic carbocycles. The Bertz CT molecular complexity index is 430. The Kier molecular flexibility index (Phi) is 5.58. The van der Waals surface area contributed by atoms with Gasteiger partial charge in [0, 0.05) is 51.3 Å². The third-order valence-electron chi connectivity index (χ3n) is 3.49. The second kappa shape index (κ2) is 7.67. The van der Waals surface area contributed by atoms with Crippen LogP contribution < -0.4 is 5.32 Å². The molecule has 2 amide bonds. The standard InChI is InChI=1S/C14H22N4O2/c19-13(17-7-6-12-15-8-9-16-12)4-3-11-18-10-2-1-5-14(18)20/h8-9H,1-7,10-11H2,(H,15,16)(H,17,19). The number of nitrogens with one attached hydrogen (secondary N) is 2. The molecule has 6 heteroatoms. The molecular formula is C14H22N4O2. The summed E-state index contributed by atoms with van der Waals surface area (Å²) in [5.41, 5.74) is 0.